The van der Waals surface area contributed by atoms with Crippen LogP contribution in [0.4, 0.5) is 50.6 Å². The number of halogens is 5. The summed E-state index contributed by atoms with van der Waals surface area (Å²) in [6, 6.07) is 13.0. The van der Waals surface area contributed by atoms with Crippen LogP contribution in [0, 0.1) is 29.0 Å². The van der Waals surface area contributed by atoms with Gasteiger partial charge in [0.15, 0.2) is 0 Å². The Bertz CT molecular complexity index is 2330. The fourth-order valence-corrected chi connectivity index (χ4v) is 8.35. The van der Waals surface area contributed by atoms with E-state index >= 15 is 8.78 Å². The van der Waals surface area contributed by atoms with E-state index in [-0.39, 0.29) is 36.2 Å². The van der Waals surface area contributed by atoms with Crippen molar-refractivity contribution in [2.75, 3.05) is 72.9 Å². The molecule has 0 unspecified atom stereocenters. The second-order valence-electron chi connectivity index (χ2n) is 15.8. The highest BCUT2D eigenvalue weighted by Crippen LogP contribution is 2.36. The molecule has 4 aromatic rings. The van der Waals surface area contributed by atoms with E-state index in [0.29, 0.717) is 79.1 Å². The predicted molar refractivity (Wildman–Crippen MR) is 221 cm³/mol. The molecular weight excluding hydrogens is 814 g/mol. The number of hydrogen-bond donors (Lipinski definition) is 3. The van der Waals surface area contributed by atoms with E-state index < -0.39 is 35.1 Å². The molecule has 3 aliphatic rings. The minimum absolute atomic E-state index is 0.109. The topological polar surface area (TPSA) is 163 Å². The van der Waals surface area contributed by atoms with Gasteiger partial charge < -0.3 is 25.3 Å². The van der Waals surface area contributed by atoms with E-state index in [1.54, 1.807) is 29.0 Å². The standard InChI is InChI=1S/C43H46F5N11O3/c1-56(14-13-39(61)52-26-60)30-8-10-37(35(44)21-30)58-18-16-57(17-19-58)23-27-2-5-29(6-3-27)53-42(62)33-9-11-38(54-40(33)45)55-41-32-12-15-59(24-36(32)50-25-51-41)31-7-4-28(22-49)34(20-31)43(46,47)48/h4,7-11,20-21,25-27,29H,2-3,5-6,12-19,23-24H2,1H3,(H,53,62)(H,52,60,61)(H,50,51,54,55). The number of aromatic nitrogens is 3. The Kier molecular flexibility index (Phi) is 13.4. The number of nitriles is 1. The summed E-state index contributed by atoms with van der Waals surface area (Å²) in [6.45, 7) is 4.69. The van der Waals surface area contributed by atoms with Crippen LogP contribution in [0.1, 0.15) is 64.8 Å². The number of fused-ring (bicyclic) bond motifs is 1. The lowest BCUT2D eigenvalue weighted by Crippen LogP contribution is -2.48. The number of carbonyl (C=O) groups excluding carboxylic acids is 3. The normalized spacial score (nSPS) is 18.0. The molecule has 2 fully saturated rings. The molecule has 14 nitrogen and oxygen atoms in total. The van der Waals surface area contributed by atoms with Crippen LogP contribution < -0.4 is 30.7 Å². The third kappa shape index (κ3) is 10.4. The number of carbonyl (C=O) groups is 3. The quantitative estimate of drug-likeness (QED) is 0.0874. The van der Waals surface area contributed by atoms with Crippen LogP contribution >= 0.6 is 0 Å². The monoisotopic (exact) mass is 859 g/mol. The third-order valence-electron chi connectivity index (χ3n) is 11.8. The van der Waals surface area contributed by atoms with E-state index in [0.717, 1.165) is 57.5 Å². The van der Waals surface area contributed by atoms with E-state index in [2.05, 4.69) is 35.8 Å². The molecule has 19 heteroatoms. The molecule has 3 N–H and O–H groups in total. The number of amides is 3. The summed E-state index contributed by atoms with van der Waals surface area (Å²) in [7, 11) is 1.76. The first-order valence-electron chi connectivity index (χ1n) is 20.4. The molecule has 2 aromatic carbocycles. The zero-order valence-corrected chi connectivity index (χ0v) is 34.0. The molecule has 0 radical (unpaired) electrons. The van der Waals surface area contributed by atoms with Crippen molar-refractivity contribution in [3.05, 3.63) is 94.6 Å². The molecule has 7 rings (SSSR count). The maximum atomic E-state index is 15.3. The largest absolute Gasteiger partial charge is 0.417 e. The maximum Gasteiger partial charge on any atom is 0.417 e. The Morgan fingerprint density at radius 3 is 2.44 bits per heavy atom. The number of nitrogens with zero attached hydrogens (tertiary/aromatic N) is 8. The average Bonchev–Trinajstić information content (AvgIpc) is 3.26. The Morgan fingerprint density at radius 1 is 0.968 bits per heavy atom. The van der Waals surface area contributed by atoms with Gasteiger partial charge in [0.2, 0.25) is 18.3 Å². The Morgan fingerprint density at radius 2 is 1.74 bits per heavy atom. The van der Waals surface area contributed by atoms with Crippen molar-refractivity contribution in [1.82, 2.24) is 30.5 Å². The Balaban J connectivity index is 0.857. The zero-order chi connectivity index (χ0) is 44.0. The zero-order valence-electron chi connectivity index (χ0n) is 34.0. The maximum absolute atomic E-state index is 15.3. The molecule has 4 heterocycles. The molecule has 1 aliphatic carbocycles. The predicted octanol–water partition coefficient (Wildman–Crippen LogP) is 5.56. The van der Waals surface area contributed by atoms with E-state index in [1.807, 2.05) is 11.0 Å². The number of nitrogens with one attached hydrogen (secondary N) is 3. The van der Waals surface area contributed by atoms with Gasteiger partial charge in [-0.1, -0.05) is 0 Å². The fraction of sp³-hybridized carbons (Fsp3) is 0.419. The minimum atomic E-state index is -4.68. The van der Waals surface area contributed by atoms with Gasteiger partial charge in [-0.05, 0) is 86.6 Å². The number of imide groups is 1. The molecule has 2 aromatic heterocycles. The number of pyridine rings is 1. The summed E-state index contributed by atoms with van der Waals surface area (Å²) in [4.78, 5) is 55.7. The van der Waals surface area contributed by atoms with E-state index in [4.69, 9.17) is 5.26 Å². The van der Waals surface area contributed by atoms with Gasteiger partial charge in [0.05, 0.1) is 40.7 Å². The van der Waals surface area contributed by atoms with Gasteiger partial charge in [-0.3, -0.25) is 24.6 Å². The summed E-state index contributed by atoms with van der Waals surface area (Å²) < 4.78 is 71.3. The van der Waals surface area contributed by atoms with Gasteiger partial charge in [-0.2, -0.15) is 22.8 Å². The second-order valence-corrected chi connectivity index (χ2v) is 15.8. The van der Waals surface area contributed by atoms with Crippen LogP contribution in [0.15, 0.2) is 54.9 Å². The van der Waals surface area contributed by atoms with E-state index in [9.17, 15) is 27.6 Å². The van der Waals surface area contributed by atoms with Crippen LogP contribution in [-0.4, -0.2) is 97.0 Å². The molecule has 326 valence electrons. The first kappa shape index (κ1) is 43.7. The number of anilines is 5. The molecule has 3 amide bonds. The lowest BCUT2D eigenvalue weighted by Gasteiger charge is -2.39. The Hall–Kier alpha value is -6.42. The SMILES string of the molecule is CN(CCC(=O)NC=O)c1ccc(N2CCN(CC3CCC(NC(=O)c4ccc(Nc5ncnc6c5CCN(c5ccc(C#N)c(C(F)(F)F)c5)C6)nc4F)CC3)CC2)c(F)c1. The molecular formula is C43H46F5N11O3. The van der Waals surface area contributed by atoms with Gasteiger partial charge >= 0.3 is 6.18 Å². The van der Waals surface area contributed by atoms with E-state index in [1.165, 1.54) is 30.6 Å². The fourth-order valence-electron chi connectivity index (χ4n) is 8.35. The molecule has 1 saturated heterocycles. The third-order valence-corrected chi connectivity index (χ3v) is 11.8. The van der Waals surface area contributed by atoms with Crippen LogP contribution in [0.2, 0.25) is 0 Å². The van der Waals surface area contributed by atoms with Crippen molar-refractivity contribution < 1.29 is 36.3 Å². The minimum Gasteiger partial charge on any atom is -0.374 e. The first-order valence-corrected chi connectivity index (χ1v) is 20.4. The summed E-state index contributed by atoms with van der Waals surface area (Å²) in [5.41, 5.74) is 1.10. The molecule has 62 heavy (non-hydrogen) atoms. The number of alkyl halides is 3. The van der Waals surface area contributed by atoms with Gasteiger partial charge in [0.1, 0.15) is 23.8 Å². The molecule has 0 atom stereocenters. The summed E-state index contributed by atoms with van der Waals surface area (Å²) >= 11 is 0. The molecule has 2 aliphatic heterocycles. The first-order chi connectivity index (χ1) is 29.8. The highest BCUT2D eigenvalue weighted by Gasteiger charge is 2.35. The number of piperazine rings is 1. The van der Waals surface area contributed by atoms with Gasteiger partial charge in [-0.15, -0.1) is 0 Å². The number of hydrogen-bond acceptors (Lipinski definition) is 12. The van der Waals surface area contributed by atoms with Crippen LogP contribution in [0.3, 0.4) is 0 Å². The summed E-state index contributed by atoms with van der Waals surface area (Å²) in [6.07, 6.45) is 0.751. The van der Waals surface area contributed by atoms with Crippen molar-refractivity contribution in [3.63, 3.8) is 0 Å². The highest BCUT2D eigenvalue weighted by atomic mass is 19.4. The summed E-state index contributed by atoms with van der Waals surface area (Å²) in [5.74, 6) is -1.30. The highest BCUT2D eigenvalue weighted by molar-refractivity contribution is 5.94. The van der Waals surface area contributed by atoms with Crippen LogP contribution in [0.25, 0.3) is 0 Å². The van der Waals surface area contributed by atoms with Crippen molar-refractivity contribution in [1.29, 1.82) is 5.26 Å². The number of rotatable bonds is 13. The van der Waals surface area contributed by atoms with Gasteiger partial charge in [0, 0.05) is 82.3 Å². The smallest absolute Gasteiger partial charge is 0.374 e. The molecule has 1 saturated carbocycles. The van der Waals surface area contributed by atoms with Gasteiger partial charge in [0.25, 0.3) is 5.91 Å². The van der Waals surface area contributed by atoms with Crippen LogP contribution in [-0.2, 0) is 28.7 Å². The number of benzene rings is 2. The molecule has 0 spiro atoms. The lowest BCUT2D eigenvalue weighted by atomic mass is 9.85. The Labute approximate surface area is 355 Å². The van der Waals surface area contributed by atoms with Crippen LogP contribution in [0.5, 0.6) is 0 Å². The van der Waals surface area contributed by atoms with Crippen molar-refractivity contribution >= 4 is 46.9 Å². The average molecular weight is 860 g/mol. The van der Waals surface area contributed by atoms with Gasteiger partial charge in [-0.25, -0.2) is 19.3 Å². The van der Waals surface area contributed by atoms with Crippen molar-refractivity contribution in [2.24, 2.45) is 5.92 Å². The summed E-state index contributed by atoms with van der Waals surface area (Å²) in [5, 5.41) is 17.2. The molecule has 0 bridgehead atoms. The second kappa shape index (κ2) is 19.1. The lowest BCUT2D eigenvalue weighted by molar-refractivity contribution is -0.137. The van der Waals surface area contributed by atoms with Crippen molar-refractivity contribution in [2.45, 2.75) is 57.3 Å². The van der Waals surface area contributed by atoms with Crippen molar-refractivity contribution in [3.8, 4) is 6.07 Å².